The van der Waals surface area contributed by atoms with Crippen LogP contribution >= 0.6 is 0 Å². The summed E-state index contributed by atoms with van der Waals surface area (Å²) in [5.41, 5.74) is 0.735. The van der Waals surface area contributed by atoms with Gasteiger partial charge in [0.05, 0.1) is 18.8 Å². The lowest BCUT2D eigenvalue weighted by Gasteiger charge is -2.39. The van der Waals surface area contributed by atoms with Gasteiger partial charge in [0.15, 0.2) is 11.6 Å². The number of halogens is 1. The minimum absolute atomic E-state index is 0.0995. The van der Waals surface area contributed by atoms with Crippen molar-refractivity contribution in [1.29, 1.82) is 0 Å². The Kier molecular flexibility index (Phi) is 7.30. The summed E-state index contributed by atoms with van der Waals surface area (Å²) in [7, 11) is 0. The van der Waals surface area contributed by atoms with E-state index in [0.29, 0.717) is 25.3 Å². The number of hydrogen-bond donors (Lipinski definition) is 0. The van der Waals surface area contributed by atoms with Gasteiger partial charge in [-0.3, -0.25) is 4.90 Å². The molecule has 0 bridgehead atoms. The molecule has 3 aromatic carbocycles. The van der Waals surface area contributed by atoms with Crippen LogP contribution in [0.3, 0.4) is 0 Å². The predicted octanol–water partition coefficient (Wildman–Crippen LogP) is 5.71. The van der Waals surface area contributed by atoms with E-state index in [2.05, 4.69) is 29.2 Å². The Balaban J connectivity index is 1.37. The highest BCUT2D eigenvalue weighted by Gasteiger charge is 2.38. The van der Waals surface area contributed by atoms with Crippen LogP contribution in [0.4, 0.5) is 4.39 Å². The molecule has 1 saturated carbocycles. The van der Waals surface area contributed by atoms with Crippen LogP contribution in [0.5, 0.6) is 5.75 Å². The van der Waals surface area contributed by atoms with Crippen molar-refractivity contribution in [1.82, 2.24) is 4.90 Å². The highest BCUT2D eigenvalue weighted by Crippen LogP contribution is 2.44. The van der Waals surface area contributed by atoms with Gasteiger partial charge < -0.3 is 14.2 Å². The summed E-state index contributed by atoms with van der Waals surface area (Å²) < 4.78 is 32.4. The number of benzene rings is 3. The quantitative estimate of drug-likeness (QED) is 0.408. The van der Waals surface area contributed by atoms with Gasteiger partial charge in [-0.1, -0.05) is 48.9 Å². The van der Waals surface area contributed by atoms with Crippen molar-refractivity contribution in [3.05, 3.63) is 77.6 Å². The third-order valence-electron chi connectivity index (χ3n) is 7.16. The number of morpholine rings is 1. The van der Waals surface area contributed by atoms with Crippen LogP contribution in [0, 0.1) is 5.82 Å². The van der Waals surface area contributed by atoms with Crippen molar-refractivity contribution < 1.29 is 23.4 Å². The molecule has 5 nitrogen and oxygen atoms in total. The molecule has 0 N–H and O–H groups in total. The molecule has 0 spiro atoms. The Labute approximate surface area is 205 Å². The van der Waals surface area contributed by atoms with Gasteiger partial charge in [-0.25, -0.2) is 9.18 Å². The number of fused-ring (bicyclic) bond motifs is 1. The highest BCUT2D eigenvalue weighted by molar-refractivity contribution is 5.90. The van der Waals surface area contributed by atoms with Gasteiger partial charge in [0, 0.05) is 25.2 Å². The zero-order valence-corrected chi connectivity index (χ0v) is 20.0. The van der Waals surface area contributed by atoms with Crippen LogP contribution in [0.2, 0.25) is 0 Å². The summed E-state index contributed by atoms with van der Waals surface area (Å²) in [5, 5.41) is 2.26. The molecule has 0 unspecified atom stereocenters. The Morgan fingerprint density at radius 3 is 2.57 bits per heavy atom. The maximum atomic E-state index is 15.0. The fourth-order valence-corrected chi connectivity index (χ4v) is 5.27. The third kappa shape index (κ3) is 5.34. The van der Waals surface area contributed by atoms with Gasteiger partial charge >= 0.3 is 5.97 Å². The zero-order valence-electron chi connectivity index (χ0n) is 20.0. The lowest BCUT2D eigenvalue weighted by atomic mass is 9.77. The Hall–Kier alpha value is -2.96. The molecule has 2 fully saturated rings. The average Bonchev–Trinajstić information content (AvgIpc) is 2.90. The smallest absolute Gasteiger partial charge is 0.338 e. The van der Waals surface area contributed by atoms with Gasteiger partial charge in [-0.05, 0) is 54.7 Å². The Bertz CT molecular complexity index is 1160. The molecule has 0 atom stereocenters. The first-order valence-electron chi connectivity index (χ1n) is 12.6. The van der Waals surface area contributed by atoms with E-state index in [4.69, 9.17) is 14.2 Å². The van der Waals surface area contributed by atoms with E-state index in [1.54, 1.807) is 0 Å². The van der Waals surface area contributed by atoms with Crippen molar-refractivity contribution in [3.8, 4) is 5.75 Å². The van der Waals surface area contributed by atoms with Crippen LogP contribution in [0.25, 0.3) is 10.8 Å². The number of ether oxygens (including phenoxy) is 3. The second-order valence-corrected chi connectivity index (χ2v) is 9.42. The van der Waals surface area contributed by atoms with Crippen molar-refractivity contribution in [2.24, 2.45) is 0 Å². The summed E-state index contributed by atoms with van der Waals surface area (Å²) in [6.45, 7) is 4.01. The number of rotatable bonds is 7. The molecule has 184 valence electrons. The van der Waals surface area contributed by atoms with E-state index in [1.165, 1.54) is 18.2 Å². The summed E-state index contributed by atoms with van der Waals surface area (Å²) in [6, 6.07) is 18.7. The number of nitrogens with zero attached hydrogens (tertiary/aromatic N) is 1. The average molecular weight is 478 g/mol. The SMILES string of the molecule is O=C(OCCN1CCOCC1)c1ccc(F)c(OC2(c3cccc4ccccc34)CCCCC2)c1. The molecule has 1 aliphatic carbocycles. The first-order chi connectivity index (χ1) is 17.1. The highest BCUT2D eigenvalue weighted by atomic mass is 19.1. The molecule has 1 saturated heterocycles. The molecule has 6 heteroatoms. The van der Waals surface area contributed by atoms with Crippen LogP contribution < -0.4 is 4.74 Å². The molecule has 35 heavy (non-hydrogen) atoms. The maximum absolute atomic E-state index is 15.0. The number of esters is 1. The van der Waals surface area contributed by atoms with Gasteiger partial charge in [0.25, 0.3) is 0 Å². The second kappa shape index (κ2) is 10.8. The van der Waals surface area contributed by atoms with Crippen LogP contribution in [0.1, 0.15) is 48.0 Å². The second-order valence-electron chi connectivity index (χ2n) is 9.42. The monoisotopic (exact) mass is 477 g/mol. The Morgan fingerprint density at radius 1 is 0.971 bits per heavy atom. The van der Waals surface area contributed by atoms with Gasteiger partial charge in [-0.2, -0.15) is 0 Å². The van der Waals surface area contributed by atoms with Crippen molar-refractivity contribution in [2.75, 3.05) is 39.5 Å². The van der Waals surface area contributed by atoms with Gasteiger partial charge in [0.1, 0.15) is 12.2 Å². The first-order valence-corrected chi connectivity index (χ1v) is 12.6. The summed E-state index contributed by atoms with van der Waals surface area (Å²) in [4.78, 5) is 14.9. The molecule has 1 aliphatic heterocycles. The lowest BCUT2D eigenvalue weighted by molar-refractivity contribution is 0.0187. The molecule has 0 amide bonds. The fourth-order valence-electron chi connectivity index (χ4n) is 5.27. The molecule has 2 aliphatic rings. The van der Waals surface area contributed by atoms with Crippen molar-refractivity contribution in [3.63, 3.8) is 0 Å². The minimum atomic E-state index is -0.640. The van der Waals surface area contributed by atoms with Gasteiger partial charge in [0.2, 0.25) is 0 Å². The van der Waals surface area contributed by atoms with Gasteiger partial charge in [-0.15, -0.1) is 0 Å². The summed E-state index contributed by atoms with van der Waals surface area (Å²) in [6.07, 6.45) is 4.75. The molecule has 0 radical (unpaired) electrons. The van der Waals surface area contributed by atoms with Crippen LogP contribution in [-0.2, 0) is 15.1 Å². The molecular weight excluding hydrogens is 445 g/mol. The number of hydrogen-bond acceptors (Lipinski definition) is 5. The Morgan fingerprint density at radius 2 is 1.74 bits per heavy atom. The largest absolute Gasteiger partial charge is 0.479 e. The van der Waals surface area contributed by atoms with E-state index in [9.17, 15) is 9.18 Å². The summed E-state index contributed by atoms with van der Waals surface area (Å²) in [5.74, 6) is -0.839. The van der Waals surface area contributed by atoms with Crippen molar-refractivity contribution >= 4 is 16.7 Å². The maximum Gasteiger partial charge on any atom is 0.338 e. The normalized spacial score (nSPS) is 18.3. The zero-order chi connectivity index (χ0) is 24.1. The number of carbonyl (C=O) groups excluding carboxylic acids is 1. The van der Waals surface area contributed by atoms with Crippen LogP contribution in [0.15, 0.2) is 60.7 Å². The van der Waals surface area contributed by atoms with E-state index >= 15 is 0 Å². The molecule has 3 aromatic rings. The van der Waals surface area contributed by atoms with E-state index in [1.807, 2.05) is 18.2 Å². The van der Waals surface area contributed by atoms with Crippen LogP contribution in [-0.4, -0.2) is 50.3 Å². The lowest BCUT2D eigenvalue weighted by Crippen LogP contribution is -2.38. The molecule has 5 rings (SSSR count). The number of carbonyl (C=O) groups is 1. The molecule has 1 heterocycles. The standard InChI is InChI=1S/C29H32FNO4/c30-26-12-11-23(28(32)34-20-17-31-15-18-33-19-16-31)21-27(26)35-29(13-4-1-5-14-29)25-10-6-8-22-7-2-3-9-24(22)25/h2-3,6-12,21H,1,4-5,13-20H2. The summed E-state index contributed by atoms with van der Waals surface area (Å²) >= 11 is 0. The first kappa shape index (κ1) is 23.8. The molecular formula is C29H32FNO4. The van der Waals surface area contributed by atoms with E-state index in [0.717, 1.165) is 61.5 Å². The van der Waals surface area contributed by atoms with E-state index < -0.39 is 17.4 Å². The topological polar surface area (TPSA) is 48.0 Å². The minimum Gasteiger partial charge on any atom is -0.479 e. The van der Waals surface area contributed by atoms with E-state index in [-0.39, 0.29) is 12.4 Å². The predicted molar refractivity (Wildman–Crippen MR) is 133 cm³/mol. The fraction of sp³-hybridized carbons (Fsp3) is 0.414. The third-order valence-corrected chi connectivity index (χ3v) is 7.16. The van der Waals surface area contributed by atoms with Crippen molar-refractivity contribution in [2.45, 2.75) is 37.7 Å². The molecule has 0 aromatic heterocycles.